The zero-order chi connectivity index (χ0) is 16.5. The van der Waals surface area contributed by atoms with Gasteiger partial charge in [0.25, 0.3) is 0 Å². The maximum atomic E-state index is 13.0. The molecule has 0 radical (unpaired) electrons. The van der Waals surface area contributed by atoms with Gasteiger partial charge in [-0.2, -0.15) is 13.2 Å². The molecule has 0 amide bonds. The lowest BCUT2D eigenvalue weighted by Gasteiger charge is -2.27. The number of aliphatic hydroxyl groups excluding tert-OH is 1. The summed E-state index contributed by atoms with van der Waals surface area (Å²) in [6.07, 6.45) is -6.65. The SMILES string of the molecule is O=C(O)C1=Cc2cc(Cl)cc(C#CCO)c2OC1C(F)(F)F. The van der Waals surface area contributed by atoms with Crippen LogP contribution < -0.4 is 4.74 Å². The van der Waals surface area contributed by atoms with Crippen LogP contribution in [0.2, 0.25) is 5.02 Å². The first kappa shape index (κ1) is 16.2. The van der Waals surface area contributed by atoms with Crippen LogP contribution in [0.25, 0.3) is 6.08 Å². The molecule has 4 nitrogen and oxygen atoms in total. The second-order valence-electron chi connectivity index (χ2n) is 4.28. The Bertz CT molecular complexity index is 713. The molecule has 0 saturated heterocycles. The predicted octanol–water partition coefficient (Wildman–Crippen LogP) is 2.48. The summed E-state index contributed by atoms with van der Waals surface area (Å²) < 4.78 is 43.8. The lowest BCUT2D eigenvalue weighted by atomic mass is 9.99. The molecule has 0 spiro atoms. The molecular formula is C14H8ClF3O4. The van der Waals surface area contributed by atoms with Crippen LogP contribution in [0.3, 0.4) is 0 Å². The first-order valence-electron chi connectivity index (χ1n) is 5.85. The van der Waals surface area contributed by atoms with Gasteiger partial charge in [-0.3, -0.25) is 0 Å². The van der Waals surface area contributed by atoms with Crippen molar-refractivity contribution in [2.24, 2.45) is 0 Å². The van der Waals surface area contributed by atoms with Crippen molar-refractivity contribution in [2.75, 3.05) is 6.61 Å². The molecule has 2 N–H and O–H groups in total. The van der Waals surface area contributed by atoms with E-state index in [0.29, 0.717) is 0 Å². The number of rotatable bonds is 1. The van der Waals surface area contributed by atoms with Gasteiger partial charge in [-0.15, -0.1) is 0 Å². The van der Waals surface area contributed by atoms with E-state index in [1.165, 1.54) is 12.1 Å². The van der Waals surface area contributed by atoms with E-state index < -0.39 is 30.4 Å². The maximum Gasteiger partial charge on any atom is 0.430 e. The number of fused-ring (bicyclic) bond motifs is 1. The van der Waals surface area contributed by atoms with Crippen LogP contribution in [0.4, 0.5) is 13.2 Å². The lowest BCUT2D eigenvalue weighted by Crippen LogP contribution is -2.40. The van der Waals surface area contributed by atoms with Crippen LogP contribution in [0.5, 0.6) is 5.75 Å². The highest BCUT2D eigenvalue weighted by molar-refractivity contribution is 6.31. The van der Waals surface area contributed by atoms with Crippen molar-refractivity contribution in [3.63, 3.8) is 0 Å². The fourth-order valence-corrected chi connectivity index (χ4v) is 2.15. The summed E-state index contributed by atoms with van der Waals surface area (Å²) in [5.74, 6) is 2.74. The third-order valence-electron chi connectivity index (χ3n) is 2.76. The van der Waals surface area contributed by atoms with Gasteiger partial charge in [0.1, 0.15) is 12.4 Å². The second-order valence-corrected chi connectivity index (χ2v) is 4.71. The van der Waals surface area contributed by atoms with Gasteiger partial charge in [0.05, 0.1) is 11.1 Å². The van der Waals surface area contributed by atoms with E-state index in [0.717, 1.165) is 6.08 Å². The first-order valence-corrected chi connectivity index (χ1v) is 6.23. The molecule has 0 bridgehead atoms. The van der Waals surface area contributed by atoms with Gasteiger partial charge < -0.3 is 14.9 Å². The molecule has 0 aliphatic carbocycles. The van der Waals surface area contributed by atoms with Gasteiger partial charge in [-0.25, -0.2) is 4.79 Å². The minimum absolute atomic E-state index is 0.0338. The number of hydrogen-bond acceptors (Lipinski definition) is 3. The molecule has 1 aliphatic rings. The van der Waals surface area contributed by atoms with E-state index >= 15 is 0 Å². The molecule has 8 heteroatoms. The Labute approximate surface area is 127 Å². The fourth-order valence-electron chi connectivity index (χ4n) is 1.92. The smallest absolute Gasteiger partial charge is 0.430 e. The van der Waals surface area contributed by atoms with Gasteiger partial charge in [0.15, 0.2) is 0 Å². The van der Waals surface area contributed by atoms with Gasteiger partial charge in [0, 0.05) is 10.6 Å². The highest BCUT2D eigenvalue weighted by Gasteiger charge is 2.48. The normalized spacial score (nSPS) is 16.8. The molecule has 1 aromatic carbocycles. The van der Waals surface area contributed by atoms with Crippen molar-refractivity contribution in [2.45, 2.75) is 12.3 Å². The van der Waals surface area contributed by atoms with Crippen LogP contribution >= 0.6 is 11.6 Å². The number of carboxylic acids is 1. The molecule has 22 heavy (non-hydrogen) atoms. The van der Waals surface area contributed by atoms with Crippen LogP contribution in [0.1, 0.15) is 11.1 Å². The number of carboxylic acid groups (broad SMARTS) is 1. The standard InChI is InChI=1S/C14H8ClF3O4/c15-9-4-7(2-1-3-19)11-8(5-9)6-10(13(20)21)12(22-11)14(16,17)18/h4-6,12,19H,3H2,(H,20,21). The van der Waals surface area contributed by atoms with Gasteiger partial charge in [0.2, 0.25) is 6.10 Å². The van der Waals surface area contributed by atoms with E-state index in [1.807, 2.05) is 0 Å². The van der Waals surface area contributed by atoms with E-state index in [-0.39, 0.29) is 21.9 Å². The third kappa shape index (κ3) is 3.18. The van der Waals surface area contributed by atoms with Gasteiger partial charge in [-0.1, -0.05) is 23.4 Å². The molecule has 1 aromatic rings. The molecule has 0 fully saturated rings. The molecule has 1 heterocycles. The number of benzene rings is 1. The summed E-state index contributed by atoms with van der Waals surface area (Å²) >= 11 is 5.83. The molecule has 1 unspecified atom stereocenters. The minimum atomic E-state index is -4.90. The number of hydrogen-bond donors (Lipinski definition) is 2. The van der Waals surface area contributed by atoms with Crippen molar-refractivity contribution in [1.82, 2.24) is 0 Å². The second kappa shape index (κ2) is 5.91. The molecule has 0 aromatic heterocycles. The topological polar surface area (TPSA) is 66.8 Å². The fraction of sp³-hybridized carbons (Fsp3) is 0.214. The number of halogens is 4. The van der Waals surface area contributed by atoms with Crippen molar-refractivity contribution < 1.29 is 32.9 Å². The average Bonchev–Trinajstić information content (AvgIpc) is 2.42. The summed E-state index contributed by atoms with van der Waals surface area (Å²) in [4.78, 5) is 11.0. The van der Waals surface area contributed by atoms with Crippen molar-refractivity contribution in [3.05, 3.63) is 33.9 Å². The Hall–Kier alpha value is -2.17. The minimum Gasteiger partial charge on any atom is -0.478 e. The Morgan fingerprint density at radius 3 is 2.64 bits per heavy atom. The molecule has 2 rings (SSSR count). The average molecular weight is 333 g/mol. The molecule has 1 atom stereocenters. The number of alkyl halides is 3. The van der Waals surface area contributed by atoms with Crippen molar-refractivity contribution in [1.29, 1.82) is 0 Å². The zero-order valence-electron chi connectivity index (χ0n) is 10.7. The maximum absolute atomic E-state index is 13.0. The molecule has 1 aliphatic heterocycles. The Morgan fingerprint density at radius 2 is 2.09 bits per heavy atom. The van der Waals surface area contributed by atoms with E-state index in [1.54, 1.807) is 0 Å². The highest BCUT2D eigenvalue weighted by atomic mass is 35.5. The number of carbonyl (C=O) groups is 1. The highest BCUT2D eigenvalue weighted by Crippen LogP contribution is 2.40. The number of aliphatic carboxylic acids is 1. The predicted molar refractivity (Wildman–Crippen MR) is 71.5 cm³/mol. The quantitative estimate of drug-likeness (QED) is 0.775. The monoisotopic (exact) mass is 332 g/mol. The van der Waals surface area contributed by atoms with E-state index in [9.17, 15) is 18.0 Å². The lowest BCUT2D eigenvalue weighted by molar-refractivity contribution is -0.187. The summed E-state index contributed by atoms with van der Waals surface area (Å²) in [5.41, 5.74) is -0.831. The summed E-state index contributed by atoms with van der Waals surface area (Å²) in [7, 11) is 0. The Balaban J connectivity index is 2.65. The number of ether oxygens (including phenoxy) is 1. The Morgan fingerprint density at radius 1 is 1.41 bits per heavy atom. The van der Waals surface area contributed by atoms with Crippen LogP contribution in [0, 0.1) is 11.8 Å². The third-order valence-corrected chi connectivity index (χ3v) is 2.98. The molecular weight excluding hydrogens is 325 g/mol. The van der Waals surface area contributed by atoms with E-state index in [4.69, 9.17) is 26.6 Å². The molecule has 116 valence electrons. The van der Waals surface area contributed by atoms with Crippen LogP contribution in [-0.2, 0) is 4.79 Å². The largest absolute Gasteiger partial charge is 0.478 e. The van der Waals surface area contributed by atoms with Gasteiger partial charge in [-0.05, 0) is 18.2 Å². The van der Waals surface area contributed by atoms with Gasteiger partial charge >= 0.3 is 12.1 Å². The Kier molecular flexibility index (Phi) is 4.35. The van der Waals surface area contributed by atoms with Crippen LogP contribution in [0.15, 0.2) is 17.7 Å². The van der Waals surface area contributed by atoms with Crippen molar-refractivity contribution in [3.8, 4) is 17.6 Å². The summed E-state index contributed by atoms with van der Waals surface area (Å²) in [6, 6.07) is 2.55. The van der Waals surface area contributed by atoms with E-state index in [2.05, 4.69) is 11.8 Å². The first-order chi connectivity index (χ1) is 10.2. The number of aliphatic hydroxyl groups is 1. The zero-order valence-corrected chi connectivity index (χ0v) is 11.5. The molecule has 0 saturated carbocycles. The van der Waals surface area contributed by atoms with Crippen molar-refractivity contribution >= 4 is 23.6 Å². The summed E-state index contributed by atoms with van der Waals surface area (Å²) in [5, 5.41) is 17.8. The summed E-state index contributed by atoms with van der Waals surface area (Å²) in [6.45, 7) is -0.500. The van der Waals surface area contributed by atoms with Crippen LogP contribution in [-0.4, -0.2) is 35.1 Å².